The zero-order chi connectivity index (χ0) is 9.14. The Labute approximate surface area is 84.7 Å². The standard InChI is InChI=1S/C9H9IO2/c1-6(11)4-7-5-8(10)2-3-9(7)12/h2-3,5,12H,4H2,1H3. The normalized spacial score (nSPS) is 9.83. The molecule has 1 N–H and O–H groups in total. The van der Waals surface area contributed by atoms with Gasteiger partial charge < -0.3 is 5.11 Å². The number of phenols is 1. The molecule has 1 aromatic rings. The van der Waals surface area contributed by atoms with E-state index in [4.69, 9.17) is 0 Å². The summed E-state index contributed by atoms with van der Waals surface area (Å²) in [6, 6.07) is 5.23. The minimum atomic E-state index is 0.0623. The lowest BCUT2D eigenvalue weighted by Gasteiger charge is -2.01. The van der Waals surface area contributed by atoms with Gasteiger partial charge in [-0.2, -0.15) is 0 Å². The maximum Gasteiger partial charge on any atom is 0.134 e. The topological polar surface area (TPSA) is 37.3 Å². The van der Waals surface area contributed by atoms with Gasteiger partial charge in [-0.3, -0.25) is 4.79 Å². The summed E-state index contributed by atoms with van der Waals surface area (Å²) in [6.45, 7) is 1.51. The zero-order valence-electron chi connectivity index (χ0n) is 6.67. The molecule has 0 spiro atoms. The van der Waals surface area contributed by atoms with E-state index >= 15 is 0 Å². The predicted octanol–water partition coefficient (Wildman–Crippen LogP) is 2.13. The molecule has 0 aliphatic carbocycles. The van der Waals surface area contributed by atoms with Crippen LogP contribution in [0.4, 0.5) is 0 Å². The van der Waals surface area contributed by atoms with Crippen molar-refractivity contribution in [2.45, 2.75) is 13.3 Å². The van der Waals surface area contributed by atoms with Gasteiger partial charge in [0.05, 0.1) is 0 Å². The van der Waals surface area contributed by atoms with Gasteiger partial charge >= 0.3 is 0 Å². The molecular weight excluding hydrogens is 267 g/mol. The van der Waals surface area contributed by atoms with Gasteiger partial charge in [-0.1, -0.05) is 0 Å². The fourth-order valence-electron chi connectivity index (χ4n) is 0.964. The van der Waals surface area contributed by atoms with Gasteiger partial charge in [-0.25, -0.2) is 0 Å². The average molecular weight is 276 g/mol. The van der Waals surface area contributed by atoms with Crippen LogP contribution in [0.15, 0.2) is 18.2 Å². The van der Waals surface area contributed by atoms with Gasteiger partial charge in [-0.15, -0.1) is 0 Å². The first-order valence-electron chi connectivity index (χ1n) is 3.56. The van der Waals surface area contributed by atoms with Gasteiger partial charge in [0.15, 0.2) is 0 Å². The Morgan fingerprint density at radius 1 is 1.58 bits per heavy atom. The number of rotatable bonds is 2. The van der Waals surface area contributed by atoms with Crippen molar-refractivity contribution in [2.75, 3.05) is 0 Å². The summed E-state index contributed by atoms with van der Waals surface area (Å²) in [4.78, 5) is 10.8. The molecule has 0 saturated heterocycles. The summed E-state index contributed by atoms with van der Waals surface area (Å²) in [6.07, 6.45) is 0.308. The monoisotopic (exact) mass is 276 g/mol. The van der Waals surface area contributed by atoms with E-state index in [9.17, 15) is 9.90 Å². The average Bonchev–Trinajstić information content (AvgIpc) is 1.96. The molecule has 0 amide bonds. The lowest BCUT2D eigenvalue weighted by atomic mass is 10.1. The van der Waals surface area contributed by atoms with Crippen molar-refractivity contribution in [3.8, 4) is 5.75 Å². The third-order valence-electron chi connectivity index (χ3n) is 1.48. The van der Waals surface area contributed by atoms with E-state index in [0.717, 1.165) is 3.57 Å². The quantitative estimate of drug-likeness (QED) is 0.840. The van der Waals surface area contributed by atoms with Crippen LogP contribution >= 0.6 is 22.6 Å². The van der Waals surface area contributed by atoms with Crippen molar-refractivity contribution in [3.05, 3.63) is 27.3 Å². The summed E-state index contributed by atoms with van der Waals surface area (Å²) in [5.41, 5.74) is 0.703. The van der Waals surface area contributed by atoms with Crippen molar-refractivity contribution in [1.29, 1.82) is 0 Å². The molecule has 12 heavy (non-hydrogen) atoms. The number of benzene rings is 1. The fraction of sp³-hybridized carbons (Fsp3) is 0.222. The van der Waals surface area contributed by atoms with Gasteiger partial charge in [0.2, 0.25) is 0 Å². The van der Waals surface area contributed by atoms with E-state index in [-0.39, 0.29) is 11.5 Å². The van der Waals surface area contributed by atoms with Gasteiger partial charge in [0.25, 0.3) is 0 Å². The maximum absolute atomic E-state index is 10.8. The minimum Gasteiger partial charge on any atom is -0.508 e. The van der Waals surface area contributed by atoms with Gasteiger partial charge in [-0.05, 0) is 47.7 Å². The molecule has 0 bridgehead atoms. The number of hydrogen-bond acceptors (Lipinski definition) is 2. The van der Waals surface area contributed by atoms with E-state index < -0.39 is 0 Å². The number of carbonyl (C=O) groups excluding carboxylic acids is 1. The molecule has 0 aliphatic rings. The summed E-state index contributed by atoms with van der Waals surface area (Å²) in [5.74, 6) is 0.262. The molecule has 2 nitrogen and oxygen atoms in total. The molecule has 0 aliphatic heterocycles. The molecule has 0 atom stereocenters. The van der Waals surface area contributed by atoms with Crippen LogP contribution in [0.2, 0.25) is 0 Å². The number of ketones is 1. The van der Waals surface area contributed by atoms with E-state index in [1.165, 1.54) is 6.92 Å². The van der Waals surface area contributed by atoms with Gasteiger partial charge in [0, 0.05) is 15.6 Å². The lowest BCUT2D eigenvalue weighted by molar-refractivity contribution is -0.116. The Kier molecular flexibility index (Phi) is 3.08. The largest absolute Gasteiger partial charge is 0.508 e. The Morgan fingerprint density at radius 3 is 2.83 bits per heavy atom. The highest BCUT2D eigenvalue weighted by Crippen LogP contribution is 2.20. The molecular formula is C9H9IO2. The van der Waals surface area contributed by atoms with Gasteiger partial charge in [0.1, 0.15) is 11.5 Å². The smallest absolute Gasteiger partial charge is 0.134 e. The van der Waals surface area contributed by atoms with Crippen LogP contribution in [0.1, 0.15) is 12.5 Å². The Balaban J connectivity index is 2.97. The van der Waals surface area contributed by atoms with Crippen molar-refractivity contribution in [1.82, 2.24) is 0 Å². The van der Waals surface area contributed by atoms with Crippen LogP contribution in [-0.4, -0.2) is 10.9 Å². The molecule has 0 aromatic heterocycles. The number of Topliss-reactive ketones (excluding diaryl/α,β-unsaturated/α-hetero) is 1. The van der Waals surface area contributed by atoms with Crippen LogP contribution in [0.5, 0.6) is 5.75 Å². The first kappa shape index (κ1) is 9.51. The molecule has 3 heteroatoms. The highest BCUT2D eigenvalue weighted by molar-refractivity contribution is 14.1. The Morgan fingerprint density at radius 2 is 2.25 bits per heavy atom. The molecule has 1 aromatic carbocycles. The highest BCUT2D eigenvalue weighted by atomic mass is 127. The SMILES string of the molecule is CC(=O)Cc1cc(I)ccc1O. The zero-order valence-corrected chi connectivity index (χ0v) is 8.83. The predicted molar refractivity (Wildman–Crippen MR) is 55.2 cm³/mol. The highest BCUT2D eigenvalue weighted by Gasteiger charge is 2.03. The molecule has 64 valence electrons. The number of halogens is 1. The maximum atomic E-state index is 10.8. The van der Waals surface area contributed by atoms with Crippen LogP contribution in [0, 0.1) is 3.57 Å². The molecule has 0 saturated carbocycles. The van der Waals surface area contributed by atoms with E-state index in [2.05, 4.69) is 22.6 Å². The summed E-state index contributed by atoms with van der Waals surface area (Å²) >= 11 is 2.15. The van der Waals surface area contributed by atoms with E-state index in [0.29, 0.717) is 12.0 Å². The Bertz CT molecular complexity index is 307. The van der Waals surface area contributed by atoms with Crippen molar-refractivity contribution >= 4 is 28.4 Å². The van der Waals surface area contributed by atoms with Crippen LogP contribution in [0.25, 0.3) is 0 Å². The molecule has 0 radical (unpaired) electrons. The number of hydrogen-bond donors (Lipinski definition) is 1. The first-order valence-corrected chi connectivity index (χ1v) is 4.64. The summed E-state index contributed by atoms with van der Waals surface area (Å²) in [7, 11) is 0. The lowest BCUT2D eigenvalue weighted by Crippen LogP contribution is -1.96. The van der Waals surface area contributed by atoms with E-state index in [1.54, 1.807) is 12.1 Å². The second kappa shape index (κ2) is 3.89. The van der Waals surface area contributed by atoms with Crippen LogP contribution in [0.3, 0.4) is 0 Å². The second-order valence-corrected chi connectivity index (χ2v) is 3.90. The summed E-state index contributed by atoms with van der Waals surface area (Å²) < 4.78 is 1.03. The number of phenolic OH excluding ortho intramolecular Hbond substituents is 1. The van der Waals surface area contributed by atoms with Crippen molar-refractivity contribution in [2.24, 2.45) is 0 Å². The molecule has 0 heterocycles. The second-order valence-electron chi connectivity index (χ2n) is 2.65. The van der Waals surface area contributed by atoms with Crippen LogP contribution < -0.4 is 0 Å². The molecule has 0 unspecified atom stereocenters. The summed E-state index contributed by atoms with van der Waals surface area (Å²) in [5, 5.41) is 9.33. The van der Waals surface area contributed by atoms with Crippen molar-refractivity contribution < 1.29 is 9.90 Å². The van der Waals surface area contributed by atoms with Crippen molar-refractivity contribution in [3.63, 3.8) is 0 Å². The fourth-order valence-corrected chi connectivity index (χ4v) is 1.52. The third-order valence-corrected chi connectivity index (χ3v) is 2.15. The number of carbonyl (C=O) groups is 1. The first-order chi connectivity index (χ1) is 5.59. The minimum absolute atomic E-state index is 0.0623. The molecule has 0 fully saturated rings. The Hall–Kier alpha value is -0.580. The third kappa shape index (κ3) is 2.48. The van der Waals surface area contributed by atoms with Crippen LogP contribution in [-0.2, 0) is 11.2 Å². The van der Waals surface area contributed by atoms with E-state index in [1.807, 2.05) is 6.07 Å². The molecule has 1 rings (SSSR count). The number of aromatic hydroxyl groups is 1.